The lowest BCUT2D eigenvalue weighted by Gasteiger charge is -2.22. The zero-order valence-electron chi connectivity index (χ0n) is 16.2. The number of benzene rings is 3. The molecule has 2 N–H and O–H groups in total. The number of carbonyl (C=O) groups is 1. The summed E-state index contributed by atoms with van der Waals surface area (Å²) in [4.78, 5) is 13.7. The Balaban J connectivity index is 1.62. The minimum Gasteiger partial charge on any atom is -0.497 e. The smallest absolute Gasteiger partial charge is 0.224 e. The fraction of sp³-hybridized carbons (Fsp3) is 0.261. The number of amides is 1. The summed E-state index contributed by atoms with van der Waals surface area (Å²) in [5.41, 5.74) is 2.21. The van der Waals surface area contributed by atoms with Crippen molar-refractivity contribution in [3.8, 4) is 5.75 Å². The van der Waals surface area contributed by atoms with Crippen molar-refractivity contribution in [1.82, 2.24) is 5.32 Å². The zero-order valence-corrected chi connectivity index (χ0v) is 16.2. The second-order valence-corrected chi connectivity index (χ2v) is 7.07. The van der Waals surface area contributed by atoms with Crippen LogP contribution in [-0.4, -0.2) is 33.7 Å². The maximum atomic E-state index is 12.5. The largest absolute Gasteiger partial charge is 0.497 e. The molecular formula is C23H27N2O2+. The third kappa shape index (κ3) is 4.86. The highest BCUT2D eigenvalue weighted by Crippen LogP contribution is 2.17. The van der Waals surface area contributed by atoms with Crippen LogP contribution in [0.4, 0.5) is 0 Å². The number of carbonyl (C=O) groups excluding carboxylic acids is 1. The summed E-state index contributed by atoms with van der Waals surface area (Å²) in [6.07, 6.45) is 0.392. The molecule has 0 aliphatic rings. The first-order chi connectivity index (χ1) is 13.1. The number of hydrogen-bond acceptors (Lipinski definition) is 2. The van der Waals surface area contributed by atoms with E-state index in [0.29, 0.717) is 13.0 Å². The first-order valence-electron chi connectivity index (χ1n) is 9.25. The summed E-state index contributed by atoms with van der Waals surface area (Å²) in [6.45, 7) is 0.598. The number of ether oxygens (including phenoxy) is 1. The van der Waals surface area contributed by atoms with Crippen molar-refractivity contribution < 1.29 is 14.4 Å². The number of fused-ring (bicyclic) bond motifs is 1. The van der Waals surface area contributed by atoms with E-state index in [1.807, 2.05) is 30.3 Å². The van der Waals surface area contributed by atoms with Gasteiger partial charge in [0, 0.05) is 5.56 Å². The molecule has 0 saturated heterocycles. The van der Waals surface area contributed by atoms with Gasteiger partial charge in [0.2, 0.25) is 5.91 Å². The Hall–Kier alpha value is -2.85. The number of rotatable bonds is 7. The molecule has 1 atom stereocenters. The molecule has 0 unspecified atom stereocenters. The SMILES string of the molecule is COc1ccc([C@H](CNC(=O)Cc2ccc3ccccc3c2)[NH+](C)C)cc1. The molecule has 0 radical (unpaired) electrons. The predicted octanol–water partition coefficient (Wildman–Crippen LogP) is 2.39. The van der Waals surface area contributed by atoms with E-state index in [2.05, 4.69) is 55.8 Å². The molecule has 0 bridgehead atoms. The maximum absolute atomic E-state index is 12.5. The van der Waals surface area contributed by atoms with Gasteiger partial charge in [-0.15, -0.1) is 0 Å². The van der Waals surface area contributed by atoms with Crippen molar-refractivity contribution >= 4 is 16.7 Å². The van der Waals surface area contributed by atoms with Crippen molar-refractivity contribution in [2.24, 2.45) is 0 Å². The minimum atomic E-state index is 0.0463. The highest BCUT2D eigenvalue weighted by Gasteiger charge is 2.19. The molecule has 0 spiro atoms. The van der Waals surface area contributed by atoms with Gasteiger partial charge in [0.15, 0.2) is 0 Å². The Morgan fingerprint density at radius 1 is 1.00 bits per heavy atom. The molecule has 4 heteroatoms. The van der Waals surface area contributed by atoms with Crippen LogP contribution in [0.2, 0.25) is 0 Å². The van der Waals surface area contributed by atoms with Crippen LogP contribution in [-0.2, 0) is 11.2 Å². The maximum Gasteiger partial charge on any atom is 0.224 e. The van der Waals surface area contributed by atoms with Crippen LogP contribution in [0.5, 0.6) is 5.75 Å². The Morgan fingerprint density at radius 3 is 2.37 bits per heavy atom. The number of quaternary nitrogens is 1. The molecule has 3 aromatic carbocycles. The van der Waals surface area contributed by atoms with E-state index in [1.165, 1.54) is 15.8 Å². The number of likely N-dealkylation sites (N-methyl/N-ethyl adjacent to an activating group) is 1. The molecule has 27 heavy (non-hydrogen) atoms. The molecule has 4 nitrogen and oxygen atoms in total. The summed E-state index contributed by atoms with van der Waals surface area (Å²) < 4.78 is 5.23. The Morgan fingerprint density at radius 2 is 1.70 bits per heavy atom. The molecule has 0 fully saturated rings. The molecule has 0 heterocycles. The summed E-state index contributed by atoms with van der Waals surface area (Å²) in [5, 5.41) is 5.45. The van der Waals surface area contributed by atoms with Gasteiger partial charge in [-0.1, -0.05) is 42.5 Å². The standard InChI is InChI=1S/C23H26N2O2/c1-25(2)22(19-10-12-21(27-3)13-11-19)16-24-23(26)15-17-8-9-18-6-4-5-7-20(18)14-17/h4-14,22H,15-16H2,1-3H3,(H,24,26)/p+1/t22-/m0/s1. The summed E-state index contributed by atoms with van der Waals surface area (Å²) >= 11 is 0. The van der Waals surface area contributed by atoms with Crippen LogP contribution in [0, 0.1) is 0 Å². The number of methoxy groups -OCH3 is 1. The van der Waals surface area contributed by atoms with E-state index < -0.39 is 0 Å². The second kappa shape index (κ2) is 8.69. The summed E-state index contributed by atoms with van der Waals surface area (Å²) in [6, 6.07) is 22.6. The van der Waals surface area contributed by atoms with Crippen molar-refractivity contribution in [3.05, 3.63) is 77.9 Å². The third-order valence-corrected chi connectivity index (χ3v) is 4.90. The molecule has 3 rings (SSSR count). The minimum absolute atomic E-state index is 0.0463. The lowest BCUT2D eigenvalue weighted by Crippen LogP contribution is -3.07. The van der Waals surface area contributed by atoms with Crippen molar-refractivity contribution in [2.75, 3.05) is 27.7 Å². The first-order valence-corrected chi connectivity index (χ1v) is 9.25. The van der Waals surface area contributed by atoms with E-state index in [0.717, 1.165) is 16.7 Å². The van der Waals surface area contributed by atoms with Gasteiger partial charge in [-0.3, -0.25) is 4.79 Å². The van der Waals surface area contributed by atoms with Crippen LogP contribution in [0.15, 0.2) is 66.7 Å². The van der Waals surface area contributed by atoms with Gasteiger partial charge in [-0.05, 0) is 40.6 Å². The lowest BCUT2D eigenvalue weighted by molar-refractivity contribution is -0.890. The number of nitrogens with one attached hydrogen (secondary N) is 2. The molecule has 0 aromatic heterocycles. The first kappa shape index (κ1) is 18.9. The number of hydrogen-bond donors (Lipinski definition) is 2. The average molecular weight is 363 g/mol. The fourth-order valence-corrected chi connectivity index (χ4v) is 3.30. The van der Waals surface area contributed by atoms with Crippen LogP contribution in [0.3, 0.4) is 0 Å². The molecule has 0 saturated carbocycles. The van der Waals surface area contributed by atoms with Gasteiger partial charge < -0.3 is 15.0 Å². The van der Waals surface area contributed by atoms with Gasteiger partial charge >= 0.3 is 0 Å². The molecule has 3 aromatic rings. The van der Waals surface area contributed by atoms with Gasteiger partial charge in [0.25, 0.3) is 0 Å². The Bertz CT molecular complexity index is 904. The fourth-order valence-electron chi connectivity index (χ4n) is 3.30. The molecular weight excluding hydrogens is 336 g/mol. The van der Waals surface area contributed by atoms with Crippen LogP contribution < -0.4 is 15.0 Å². The summed E-state index contributed by atoms with van der Waals surface area (Å²) in [5.74, 6) is 0.886. The lowest BCUT2D eigenvalue weighted by atomic mass is 10.0. The van der Waals surface area contributed by atoms with Crippen LogP contribution in [0.1, 0.15) is 17.2 Å². The molecule has 1 amide bonds. The van der Waals surface area contributed by atoms with E-state index in [4.69, 9.17) is 4.74 Å². The third-order valence-electron chi connectivity index (χ3n) is 4.90. The second-order valence-electron chi connectivity index (χ2n) is 7.07. The van der Waals surface area contributed by atoms with E-state index >= 15 is 0 Å². The summed E-state index contributed by atoms with van der Waals surface area (Å²) in [7, 11) is 5.87. The van der Waals surface area contributed by atoms with Gasteiger partial charge in [-0.25, -0.2) is 0 Å². The normalized spacial score (nSPS) is 12.1. The molecule has 0 aliphatic heterocycles. The monoisotopic (exact) mass is 363 g/mol. The average Bonchev–Trinajstić information content (AvgIpc) is 2.68. The predicted molar refractivity (Wildman–Crippen MR) is 109 cm³/mol. The molecule has 0 aliphatic carbocycles. The van der Waals surface area contributed by atoms with Gasteiger partial charge in [-0.2, -0.15) is 0 Å². The quantitative estimate of drug-likeness (QED) is 0.677. The van der Waals surface area contributed by atoms with E-state index in [1.54, 1.807) is 7.11 Å². The van der Waals surface area contributed by atoms with E-state index in [9.17, 15) is 4.79 Å². The van der Waals surface area contributed by atoms with Crippen LogP contribution in [0.25, 0.3) is 10.8 Å². The molecule has 140 valence electrons. The topological polar surface area (TPSA) is 42.8 Å². The van der Waals surface area contributed by atoms with Crippen molar-refractivity contribution in [2.45, 2.75) is 12.5 Å². The van der Waals surface area contributed by atoms with Crippen molar-refractivity contribution in [1.29, 1.82) is 0 Å². The van der Waals surface area contributed by atoms with E-state index in [-0.39, 0.29) is 11.9 Å². The van der Waals surface area contributed by atoms with Gasteiger partial charge in [0.05, 0.1) is 34.2 Å². The van der Waals surface area contributed by atoms with Gasteiger partial charge in [0.1, 0.15) is 11.8 Å². The van der Waals surface area contributed by atoms with Crippen molar-refractivity contribution in [3.63, 3.8) is 0 Å². The van der Waals surface area contributed by atoms with Crippen LogP contribution >= 0.6 is 0 Å². The Labute approximate surface area is 160 Å². The Kier molecular flexibility index (Phi) is 6.09. The highest BCUT2D eigenvalue weighted by molar-refractivity contribution is 5.85. The highest BCUT2D eigenvalue weighted by atomic mass is 16.5. The zero-order chi connectivity index (χ0) is 19.2.